The molecule has 0 bridgehead atoms. The Morgan fingerprint density at radius 2 is 1.65 bits per heavy atom. The van der Waals surface area contributed by atoms with Crippen LogP contribution in [0, 0.1) is 0 Å². The molecule has 0 radical (unpaired) electrons. The second-order valence-corrected chi connectivity index (χ2v) is 6.28. The summed E-state index contributed by atoms with van der Waals surface area (Å²) in [6.07, 6.45) is 0. The van der Waals surface area contributed by atoms with Crippen molar-refractivity contribution in [3.8, 4) is 5.75 Å². The molecule has 0 aliphatic heterocycles. The fraction of sp³-hybridized carbons (Fsp3) is 0.263. The number of carbonyl (C=O) groups is 2. The van der Waals surface area contributed by atoms with Crippen LogP contribution in [0.15, 0.2) is 42.5 Å². The molecule has 0 aromatic heterocycles. The fourth-order valence-electron chi connectivity index (χ4n) is 2.31. The zero-order chi connectivity index (χ0) is 19.1. The highest BCUT2D eigenvalue weighted by molar-refractivity contribution is 6.42. The maximum absolute atomic E-state index is 12.2. The normalized spacial score (nSPS) is 10.3. The second kappa shape index (κ2) is 9.46. The van der Waals surface area contributed by atoms with Crippen molar-refractivity contribution < 1.29 is 14.3 Å². The van der Waals surface area contributed by atoms with E-state index >= 15 is 0 Å². The maximum Gasteiger partial charge on any atom is 0.262 e. The van der Waals surface area contributed by atoms with E-state index in [9.17, 15) is 9.59 Å². The molecule has 7 heteroatoms. The second-order valence-electron chi connectivity index (χ2n) is 5.47. The number of hydrogen-bond donors (Lipinski definition) is 1. The van der Waals surface area contributed by atoms with E-state index in [0.717, 1.165) is 0 Å². The maximum atomic E-state index is 12.2. The summed E-state index contributed by atoms with van der Waals surface area (Å²) in [6, 6.07) is 11.5. The van der Waals surface area contributed by atoms with Gasteiger partial charge >= 0.3 is 0 Å². The SMILES string of the molecule is CCN(CC)C(=O)c1ccc(OCC(=O)Nc2ccc(Cl)c(Cl)c2)cc1. The van der Waals surface area contributed by atoms with Crippen molar-refractivity contribution in [3.63, 3.8) is 0 Å². The molecule has 2 rings (SSSR count). The van der Waals surface area contributed by atoms with Crippen molar-refractivity contribution >= 4 is 40.7 Å². The standard InChI is InChI=1S/C19H20Cl2N2O3/c1-3-23(4-2)19(25)13-5-8-15(9-6-13)26-12-18(24)22-14-7-10-16(20)17(21)11-14/h5-11H,3-4,12H2,1-2H3,(H,22,24). The molecule has 138 valence electrons. The van der Waals surface area contributed by atoms with E-state index in [4.69, 9.17) is 27.9 Å². The molecule has 0 spiro atoms. The van der Waals surface area contributed by atoms with Gasteiger partial charge in [0, 0.05) is 24.3 Å². The van der Waals surface area contributed by atoms with Gasteiger partial charge in [0.05, 0.1) is 10.0 Å². The fourth-order valence-corrected chi connectivity index (χ4v) is 2.61. The van der Waals surface area contributed by atoms with E-state index in [0.29, 0.717) is 40.1 Å². The van der Waals surface area contributed by atoms with Gasteiger partial charge in [0.2, 0.25) is 0 Å². The van der Waals surface area contributed by atoms with Gasteiger partial charge in [-0.15, -0.1) is 0 Å². The Balaban J connectivity index is 1.90. The summed E-state index contributed by atoms with van der Waals surface area (Å²) in [6.45, 7) is 5.02. The highest BCUT2D eigenvalue weighted by Gasteiger charge is 2.12. The lowest BCUT2D eigenvalue weighted by Crippen LogP contribution is -2.30. The molecule has 0 unspecified atom stereocenters. The summed E-state index contributed by atoms with van der Waals surface area (Å²) in [5.74, 6) is 0.149. The number of anilines is 1. The number of benzene rings is 2. The molecule has 0 heterocycles. The summed E-state index contributed by atoms with van der Waals surface area (Å²) in [4.78, 5) is 25.9. The van der Waals surface area contributed by atoms with Crippen molar-refractivity contribution in [1.29, 1.82) is 0 Å². The monoisotopic (exact) mass is 394 g/mol. The third-order valence-electron chi connectivity index (χ3n) is 3.73. The lowest BCUT2D eigenvalue weighted by molar-refractivity contribution is -0.118. The molecular weight excluding hydrogens is 375 g/mol. The van der Waals surface area contributed by atoms with Crippen molar-refractivity contribution in [1.82, 2.24) is 4.90 Å². The molecule has 0 aliphatic rings. The van der Waals surface area contributed by atoms with E-state index in [-0.39, 0.29) is 18.4 Å². The first-order valence-corrected chi connectivity index (χ1v) is 8.97. The van der Waals surface area contributed by atoms with E-state index < -0.39 is 0 Å². The van der Waals surface area contributed by atoms with Crippen LogP contribution in [0.3, 0.4) is 0 Å². The van der Waals surface area contributed by atoms with Gasteiger partial charge in [0.15, 0.2) is 6.61 Å². The largest absolute Gasteiger partial charge is 0.484 e. The number of halogens is 2. The highest BCUT2D eigenvalue weighted by atomic mass is 35.5. The predicted molar refractivity (Wildman–Crippen MR) is 104 cm³/mol. The number of amides is 2. The van der Waals surface area contributed by atoms with Gasteiger partial charge in [0.1, 0.15) is 5.75 Å². The predicted octanol–water partition coefficient (Wildman–Crippen LogP) is 4.49. The molecule has 2 amide bonds. The summed E-state index contributed by atoms with van der Waals surface area (Å²) in [5.41, 5.74) is 1.12. The van der Waals surface area contributed by atoms with Crippen LogP contribution >= 0.6 is 23.2 Å². The molecule has 26 heavy (non-hydrogen) atoms. The van der Waals surface area contributed by atoms with Gasteiger partial charge in [-0.3, -0.25) is 9.59 Å². The van der Waals surface area contributed by atoms with Crippen LogP contribution in [0.1, 0.15) is 24.2 Å². The van der Waals surface area contributed by atoms with Gasteiger partial charge in [-0.05, 0) is 56.3 Å². The molecule has 0 saturated heterocycles. The van der Waals surface area contributed by atoms with Crippen LogP contribution in [-0.4, -0.2) is 36.4 Å². The Bertz CT molecular complexity index is 775. The number of nitrogens with one attached hydrogen (secondary N) is 1. The first-order chi connectivity index (χ1) is 12.4. The molecule has 2 aromatic carbocycles. The molecule has 0 aliphatic carbocycles. The summed E-state index contributed by atoms with van der Waals surface area (Å²) in [7, 11) is 0. The smallest absolute Gasteiger partial charge is 0.262 e. The van der Waals surface area contributed by atoms with Crippen LogP contribution in [0.4, 0.5) is 5.69 Å². The topological polar surface area (TPSA) is 58.6 Å². The molecule has 0 atom stereocenters. The van der Waals surface area contributed by atoms with Crippen LogP contribution in [0.2, 0.25) is 10.0 Å². The quantitative estimate of drug-likeness (QED) is 0.752. The number of rotatable bonds is 7. The first-order valence-electron chi connectivity index (χ1n) is 8.21. The van der Waals surface area contributed by atoms with Crippen molar-refractivity contribution in [3.05, 3.63) is 58.1 Å². The lowest BCUT2D eigenvalue weighted by atomic mass is 10.2. The van der Waals surface area contributed by atoms with Crippen molar-refractivity contribution in [2.24, 2.45) is 0 Å². The van der Waals surface area contributed by atoms with Gasteiger partial charge < -0.3 is 15.0 Å². The van der Waals surface area contributed by atoms with Crippen LogP contribution < -0.4 is 10.1 Å². The molecule has 1 N–H and O–H groups in total. The van der Waals surface area contributed by atoms with Gasteiger partial charge in [0.25, 0.3) is 11.8 Å². The lowest BCUT2D eigenvalue weighted by Gasteiger charge is -2.18. The number of carbonyl (C=O) groups excluding carboxylic acids is 2. The van der Waals surface area contributed by atoms with E-state index in [2.05, 4.69) is 5.32 Å². The molecule has 0 saturated carbocycles. The first kappa shape index (κ1) is 20.1. The third kappa shape index (κ3) is 5.38. The molecule has 5 nitrogen and oxygen atoms in total. The van der Waals surface area contributed by atoms with Crippen molar-refractivity contribution in [2.45, 2.75) is 13.8 Å². The highest BCUT2D eigenvalue weighted by Crippen LogP contribution is 2.25. The Morgan fingerprint density at radius 1 is 1.00 bits per heavy atom. The minimum Gasteiger partial charge on any atom is -0.484 e. The number of ether oxygens (including phenoxy) is 1. The Hall–Kier alpha value is -2.24. The van der Waals surface area contributed by atoms with E-state index in [1.165, 1.54) is 0 Å². The minimum atomic E-state index is -0.327. The van der Waals surface area contributed by atoms with Gasteiger partial charge in [-0.1, -0.05) is 23.2 Å². The number of hydrogen-bond acceptors (Lipinski definition) is 3. The average molecular weight is 395 g/mol. The Labute approximate surface area is 162 Å². The average Bonchev–Trinajstić information content (AvgIpc) is 2.64. The molecule has 0 fully saturated rings. The van der Waals surface area contributed by atoms with Crippen LogP contribution in [-0.2, 0) is 4.79 Å². The molecule has 2 aromatic rings. The third-order valence-corrected chi connectivity index (χ3v) is 4.46. The summed E-state index contributed by atoms with van der Waals surface area (Å²) in [5, 5.41) is 3.45. The summed E-state index contributed by atoms with van der Waals surface area (Å²) >= 11 is 11.7. The zero-order valence-corrected chi connectivity index (χ0v) is 16.1. The van der Waals surface area contributed by atoms with Crippen LogP contribution in [0.5, 0.6) is 5.75 Å². The van der Waals surface area contributed by atoms with E-state index in [1.807, 2.05) is 13.8 Å². The summed E-state index contributed by atoms with van der Waals surface area (Å²) < 4.78 is 5.45. The van der Waals surface area contributed by atoms with Crippen LogP contribution in [0.25, 0.3) is 0 Å². The molecular formula is C19H20Cl2N2O3. The Morgan fingerprint density at radius 3 is 2.23 bits per heavy atom. The zero-order valence-electron chi connectivity index (χ0n) is 14.6. The van der Waals surface area contributed by atoms with Gasteiger partial charge in [-0.25, -0.2) is 0 Å². The van der Waals surface area contributed by atoms with E-state index in [1.54, 1.807) is 47.4 Å². The Kier molecular flexibility index (Phi) is 7.30. The number of nitrogens with zero attached hydrogens (tertiary/aromatic N) is 1. The minimum absolute atomic E-state index is 0.0288. The van der Waals surface area contributed by atoms with Crippen molar-refractivity contribution in [2.75, 3.05) is 25.0 Å². The van der Waals surface area contributed by atoms with Gasteiger partial charge in [-0.2, -0.15) is 0 Å².